The second-order valence-electron chi connectivity index (χ2n) is 7.87. The van der Waals surface area contributed by atoms with Crippen LogP contribution in [0.3, 0.4) is 0 Å². The largest absolute Gasteiger partial charge is 0.357 e. The van der Waals surface area contributed by atoms with Crippen molar-refractivity contribution >= 4 is 11.5 Å². The van der Waals surface area contributed by atoms with Gasteiger partial charge in [-0.05, 0) is 44.2 Å². The lowest BCUT2D eigenvalue weighted by molar-refractivity contribution is -0.385. The molecule has 0 radical (unpaired) electrons. The summed E-state index contributed by atoms with van der Waals surface area (Å²) >= 11 is 0. The Morgan fingerprint density at radius 1 is 1.22 bits per heavy atom. The average Bonchev–Trinajstić information content (AvgIpc) is 2.89. The van der Waals surface area contributed by atoms with E-state index < -0.39 is 0 Å². The lowest BCUT2D eigenvalue weighted by Crippen LogP contribution is -2.49. The van der Waals surface area contributed by atoms with Crippen LogP contribution in [-0.4, -0.2) is 40.0 Å². The summed E-state index contributed by atoms with van der Waals surface area (Å²) in [7, 11) is 2.07. The van der Waals surface area contributed by atoms with Gasteiger partial charge in [0.05, 0.1) is 4.92 Å². The van der Waals surface area contributed by atoms with Gasteiger partial charge in [0.2, 0.25) is 0 Å². The van der Waals surface area contributed by atoms with Crippen LogP contribution in [0.1, 0.15) is 36.8 Å². The summed E-state index contributed by atoms with van der Waals surface area (Å²) in [4.78, 5) is 19.9. The van der Waals surface area contributed by atoms with E-state index in [4.69, 9.17) is 0 Å². The van der Waals surface area contributed by atoms with Gasteiger partial charge in [0.1, 0.15) is 12.0 Å². The maximum absolute atomic E-state index is 11.0. The van der Waals surface area contributed by atoms with Crippen LogP contribution in [0.2, 0.25) is 0 Å². The molecule has 0 amide bonds. The summed E-state index contributed by atoms with van der Waals surface area (Å²) in [5.41, 5.74) is 2.14. The number of piperidine rings is 1. The van der Waals surface area contributed by atoms with Crippen molar-refractivity contribution in [1.82, 2.24) is 9.88 Å². The zero-order chi connectivity index (χ0) is 19.0. The van der Waals surface area contributed by atoms with Crippen molar-refractivity contribution in [2.75, 3.05) is 11.9 Å². The molecule has 1 aromatic heterocycles. The Hall–Kier alpha value is -2.47. The number of hydrogen-bond donors (Lipinski definition) is 0. The van der Waals surface area contributed by atoms with Crippen LogP contribution in [0.5, 0.6) is 0 Å². The summed E-state index contributed by atoms with van der Waals surface area (Å²) in [6.45, 7) is 2.81. The molecule has 0 aliphatic carbocycles. The molecule has 0 N–H and O–H groups in total. The van der Waals surface area contributed by atoms with Crippen LogP contribution in [0.25, 0.3) is 0 Å². The number of aryl methyl sites for hydroxylation is 1. The molecule has 1 aromatic carbocycles. The highest BCUT2D eigenvalue weighted by Gasteiger charge is 2.41. The zero-order valence-electron chi connectivity index (χ0n) is 15.9. The Morgan fingerprint density at radius 3 is 2.48 bits per heavy atom. The van der Waals surface area contributed by atoms with Crippen molar-refractivity contribution in [2.24, 2.45) is 0 Å². The molecule has 2 unspecified atom stereocenters. The van der Waals surface area contributed by atoms with Gasteiger partial charge in [0.25, 0.3) is 5.69 Å². The predicted octanol–water partition coefficient (Wildman–Crippen LogP) is 3.93. The van der Waals surface area contributed by atoms with E-state index in [2.05, 4.69) is 52.2 Å². The molecule has 3 heterocycles. The number of pyridine rings is 1. The van der Waals surface area contributed by atoms with Gasteiger partial charge in [-0.25, -0.2) is 4.98 Å². The van der Waals surface area contributed by atoms with Gasteiger partial charge in [0, 0.05) is 37.3 Å². The molecular weight excluding hydrogens is 340 g/mol. The minimum atomic E-state index is -0.367. The van der Waals surface area contributed by atoms with Crippen LogP contribution in [0, 0.1) is 17.0 Å². The van der Waals surface area contributed by atoms with Gasteiger partial charge >= 0.3 is 0 Å². The van der Waals surface area contributed by atoms with Gasteiger partial charge in [-0.15, -0.1) is 0 Å². The fourth-order valence-corrected chi connectivity index (χ4v) is 4.72. The van der Waals surface area contributed by atoms with Crippen molar-refractivity contribution < 1.29 is 4.92 Å². The van der Waals surface area contributed by atoms with E-state index in [-0.39, 0.29) is 10.6 Å². The van der Waals surface area contributed by atoms with Crippen molar-refractivity contribution in [3.63, 3.8) is 0 Å². The number of aromatic nitrogens is 1. The van der Waals surface area contributed by atoms with E-state index in [1.807, 2.05) is 6.07 Å². The second kappa shape index (κ2) is 7.27. The standard InChI is InChI=1S/C21H26N4O2/c1-15-10-21(22-13-20(15)25(26)27)23(2)19-11-17-8-9-18(12-19)24(17)14-16-6-4-3-5-7-16/h3-7,10,13,17-19H,8-9,11-12,14H2,1-2H3. The molecule has 2 aliphatic heterocycles. The maximum Gasteiger partial charge on any atom is 0.290 e. The fraction of sp³-hybridized carbons (Fsp3) is 0.476. The van der Waals surface area contributed by atoms with E-state index in [1.54, 1.807) is 6.92 Å². The topological polar surface area (TPSA) is 62.5 Å². The van der Waals surface area contributed by atoms with Gasteiger partial charge in [0.15, 0.2) is 0 Å². The zero-order valence-corrected chi connectivity index (χ0v) is 15.9. The van der Waals surface area contributed by atoms with Crippen LogP contribution in [0.4, 0.5) is 11.5 Å². The molecule has 6 heteroatoms. The number of benzene rings is 1. The quantitative estimate of drug-likeness (QED) is 0.593. The molecule has 2 fully saturated rings. The van der Waals surface area contributed by atoms with Crippen LogP contribution in [0.15, 0.2) is 42.6 Å². The second-order valence-corrected chi connectivity index (χ2v) is 7.87. The number of rotatable bonds is 5. The lowest BCUT2D eigenvalue weighted by atomic mass is 9.95. The third-order valence-electron chi connectivity index (χ3n) is 6.24. The Bertz CT molecular complexity index is 812. The first kappa shape index (κ1) is 17.9. The van der Waals surface area contributed by atoms with Gasteiger partial charge in [-0.3, -0.25) is 15.0 Å². The first-order valence-corrected chi connectivity index (χ1v) is 9.66. The minimum absolute atomic E-state index is 0.0879. The number of anilines is 1. The minimum Gasteiger partial charge on any atom is -0.357 e. The predicted molar refractivity (Wildman–Crippen MR) is 106 cm³/mol. The summed E-state index contributed by atoms with van der Waals surface area (Å²) in [5.74, 6) is 0.832. The Balaban J connectivity index is 1.46. The Kier molecular flexibility index (Phi) is 4.83. The molecule has 6 nitrogen and oxygen atoms in total. The first-order chi connectivity index (χ1) is 13.0. The van der Waals surface area contributed by atoms with E-state index in [0.29, 0.717) is 23.7 Å². The molecule has 142 valence electrons. The molecule has 2 aliphatic rings. The van der Waals surface area contributed by atoms with Crippen LogP contribution >= 0.6 is 0 Å². The van der Waals surface area contributed by atoms with Crippen molar-refractivity contribution in [3.8, 4) is 0 Å². The van der Waals surface area contributed by atoms with Crippen LogP contribution in [-0.2, 0) is 6.54 Å². The molecule has 0 spiro atoms. The van der Waals surface area contributed by atoms with E-state index in [9.17, 15) is 10.1 Å². The molecule has 2 saturated heterocycles. The molecular formula is C21H26N4O2. The van der Waals surface area contributed by atoms with Crippen molar-refractivity contribution in [3.05, 3.63) is 63.8 Å². The third kappa shape index (κ3) is 3.54. The van der Waals surface area contributed by atoms with Gasteiger partial charge < -0.3 is 4.90 Å². The third-order valence-corrected chi connectivity index (χ3v) is 6.24. The molecule has 2 aromatic rings. The summed E-state index contributed by atoms with van der Waals surface area (Å²) in [5, 5.41) is 11.0. The van der Waals surface area contributed by atoms with E-state index in [1.165, 1.54) is 24.6 Å². The van der Waals surface area contributed by atoms with Crippen LogP contribution < -0.4 is 4.90 Å². The fourth-order valence-electron chi connectivity index (χ4n) is 4.72. The number of hydrogen-bond acceptors (Lipinski definition) is 5. The normalized spacial score (nSPS) is 24.7. The maximum atomic E-state index is 11.0. The summed E-state index contributed by atoms with van der Waals surface area (Å²) < 4.78 is 0. The highest BCUT2D eigenvalue weighted by molar-refractivity contribution is 5.49. The lowest BCUT2D eigenvalue weighted by Gasteiger charge is -2.42. The Labute approximate surface area is 160 Å². The number of fused-ring (bicyclic) bond motifs is 2. The highest BCUT2D eigenvalue weighted by atomic mass is 16.6. The summed E-state index contributed by atoms with van der Waals surface area (Å²) in [6, 6.07) is 14.2. The Morgan fingerprint density at radius 2 is 1.89 bits per heavy atom. The van der Waals surface area contributed by atoms with Gasteiger partial charge in [-0.2, -0.15) is 0 Å². The van der Waals surface area contributed by atoms with E-state index >= 15 is 0 Å². The van der Waals surface area contributed by atoms with Crippen molar-refractivity contribution in [2.45, 2.75) is 57.3 Å². The highest BCUT2D eigenvalue weighted by Crippen LogP contribution is 2.39. The number of nitrogens with zero attached hydrogens (tertiary/aromatic N) is 4. The van der Waals surface area contributed by atoms with Gasteiger partial charge in [-0.1, -0.05) is 30.3 Å². The molecule has 0 saturated carbocycles. The smallest absolute Gasteiger partial charge is 0.290 e. The molecule has 27 heavy (non-hydrogen) atoms. The van der Waals surface area contributed by atoms with Crippen molar-refractivity contribution in [1.29, 1.82) is 0 Å². The van der Waals surface area contributed by atoms with E-state index in [0.717, 1.165) is 25.2 Å². The molecule has 2 bridgehead atoms. The average molecular weight is 366 g/mol. The molecule has 2 atom stereocenters. The summed E-state index contributed by atoms with van der Waals surface area (Å²) in [6.07, 6.45) is 6.15. The monoisotopic (exact) mass is 366 g/mol. The number of nitro groups is 1. The first-order valence-electron chi connectivity index (χ1n) is 9.66. The SMILES string of the molecule is Cc1cc(N(C)C2CC3CCC(C2)N3Cc2ccccc2)ncc1[N+](=O)[O-]. The molecule has 4 rings (SSSR count).